The maximum atomic E-state index is 11.4. The standard InChI is InChI=1S/C12H15N3O6/c1-6(16)14-5-8(17)13-3-2-7-11(12(19)20)15-9(18)4-10(15)21-7/h2,10-11H,3-5H2,1H3,(H,13,17)(H,14,16)(H,19,20). The third-order valence-corrected chi connectivity index (χ3v) is 3.10. The fraction of sp³-hybridized carbons (Fsp3) is 0.500. The number of rotatable bonds is 5. The van der Waals surface area contributed by atoms with Crippen LogP contribution in [0.2, 0.25) is 0 Å². The van der Waals surface area contributed by atoms with E-state index in [4.69, 9.17) is 9.84 Å². The van der Waals surface area contributed by atoms with Crippen molar-refractivity contribution in [3.8, 4) is 0 Å². The molecule has 0 spiro atoms. The maximum absolute atomic E-state index is 11.4. The highest BCUT2D eigenvalue weighted by molar-refractivity contribution is 5.91. The molecule has 0 bridgehead atoms. The predicted molar refractivity (Wildman–Crippen MR) is 67.5 cm³/mol. The molecule has 3 amide bonds. The zero-order valence-corrected chi connectivity index (χ0v) is 11.3. The second kappa shape index (κ2) is 5.81. The number of nitrogens with one attached hydrogen (secondary N) is 2. The number of nitrogens with zero attached hydrogens (tertiary/aromatic N) is 1. The quantitative estimate of drug-likeness (QED) is 0.512. The summed E-state index contributed by atoms with van der Waals surface area (Å²) < 4.78 is 5.35. The summed E-state index contributed by atoms with van der Waals surface area (Å²) in [7, 11) is 0. The molecule has 2 rings (SSSR count). The highest BCUT2D eigenvalue weighted by Crippen LogP contribution is 2.36. The number of fused-ring (bicyclic) bond motifs is 1. The van der Waals surface area contributed by atoms with E-state index in [0.717, 1.165) is 4.90 Å². The van der Waals surface area contributed by atoms with E-state index in [1.165, 1.54) is 13.0 Å². The van der Waals surface area contributed by atoms with Crippen molar-refractivity contribution in [3.05, 3.63) is 11.8 Å². The number of amides is 3. The van der Waals surface area contributed by atoms with Crippen molar-refractivity contribution in [2.24, 2.45) is 0 Å². The molecule has 2 saturated heterocycles. The summed E-state index contributed by atoms with van der Waals surface area (Å²) in [6, 6.07) is -1.14. The molecule has 2 aliphatic heterocycles. The first-order chi connectivity index (χ1) is 9.90. The third-order valence-electron chi connectivity index (χ3n) is 3.10. The SMILES string of the molecule is CC(=O)NCC(=O)NCC=C1OC2CC(=O)N2C1C(=O)O. The van der Waals surface area contributed by atoms with Crippen LogP contribution in [0.25, 0.3) is 0 Å². The van der Waals surface area contributed by atoms with Gasteiger partial charge in [-0.05, 0) is 6.08 Å². The van der Waals surface area contributed by atoms with Gasteiger partial charge in [0.1, 0.15) is 5.76 Å². The van der Waals surface area contributed by atoms with Crippen LogP contribution in [0.15, 0.2) is 11.8 Å². The van der Waals surface area contributed by atoms with E-state index in [1.807, 2.05) is 0 Å². The van der Waals surface area contributed by atoms with Crippen LogP contribution in [0, 0.1) is 0 Å². The Hall–Kier alpha value is -2.58. The lowest BCUT2D eigenvalue weighted by atomic mass is 10.1. The molecular weight excluding hydrogens is 282 g/mol. The van der Waals surface area contributed by atoms with Gasteiger partial charge in [-0.2, -0.15) is 0 Å². The molecule has 0 aliphatic carbocycles. The number of carbonyl (C=O) groups excluding carboxylic acids is 3. The monoisotopic (exact) mass is 297 g/mol. The normalized spacial score (nSPS) is 24.9. The van der Waals surface area contributed by atoms with Gasteiger partial charge in [-0.3, -0.25) is 19.3 Å². The Morgan fingerprint density at radius 3 is 2.71 bits per heavy atom. The van der Waals surface area contributed by atoms with Gasteiger partial charge in [0, 0.05) is 13.5 Å². The Morgan fingerprint density at radius 1 is 1.43 bits per heavy atom. The fourth-order valence-electron chi connectivity index (χ4n) is 2.10. The molecule has 9 heteroatoms. The number of carbonyl (C=O) groups is 4. The molecule has 2 aliphatic rings. The summed E-state index contributed by atoms with van der Waals surface area (Å²) in [5.41, 5.74) is 0. The summed E-state index contributed by atoms with van der Waals surface area (Å²) in [5, 5.41) is 13.9. The van der Waals surface area contributed by atoms with Crippen LogP contribution in [0.1, 0.15) is 13.3 Å². The molecule has 2 unspecified atom stereocenters. The van der Waals surface area contributed by atoms with E-state index >= 15 is 0 Å². The molecule has 3 N–H and O–H groups in total. The Kier molecular flexibility index (Phi) is 4.10. The highest BCUT2D eigenvalue weighted by atomic mass is 16.5. The van der Waals surface area contributed by atoms with E-state index in [9.17, 15) is 19.2 Å². The van der Waals surface area contributed by atoms with Gasteiger partial charge in [0.2, 0.25) is 17.7 Å². The topological polar surface area (TPSA) is 125 Å². The van der Waals surface area contributed by atoms with Gasteiger partial charge >= 0.3 is 5.97 Å². The maximum Gasteiger partial charge on any atom is 0.334 e. The van der Waals surface area contributed by atoms with Crippen molar-refractivity contribution in [3.63, 3.8) is 0 Å². The number of hydrogen-bond donors (Lipinski definition) is 3. The van der Waals surface area contributed by atoms with Crippen molar-refractivity contribution >= 4 is 23.7 Å². The first-order valence-electron chi connectivity index (χ1n) is 6.32. The summed E-state index contributed by atoms with van der Waals surface area (Å²) in [4.78, 5) is 45.7. The lowest BCUT2D eigenvalue weighted by Crippen LogP contribution is -2.54. The van der Waals surface area contributed by atoms with E-state index in [1.54, 1.807) is 0 Å². The van der Waals surface area contributed by atoms with E-state index in [0.29, 0.717) is 0 Å². The Bertz CT molecular complexity index is 529. The number of hydrogen-bond acceptors (Lipinski definition) is 5. The Balaban J connectivity index is 1.89. The molecule has 0 aromatic heterocycles. The first kappa shape index (κ1) is 14.8. The predicted octanol–water partition coefficient (Wildman–Crippen LogP) is -1.84. The van der Waals surface area contributed by atoms with Crippen LogP contribution >= 0.6 is 0 Å². The van der Waals surface area contributed by atoms with E-state index in [-0.39, 0.29) is 37.1 Å². The lowest BCUT2D eigenvalue weighted by molar-refractivity contribution is -0.163. The average Bonchev–Trinajstić information content (AvgIpc) is 2.69. The van der Waals surface area contributed by atoms with Crippen molar-refractivity contribution in [1.82, 2.24) is 15.5 Å². The number of carboxylic acids is 1. The fourth-order valence-corrected chi connectivity index (χ4v) is 2.10. The van der Waals surface area contributed by atoms with Crippen LogP contribution in [0.5, 0.6) is 0 Å². The molecular formula is C12H15N3O6. The van der Waals surface area contributed by atoms with E-state index < -0.39 is 24.1 Å². The molecule has 21 heavy (non-hydrogen) atoms. The summed E-state index contributed by atoms with van der Waals surface area (Å²) in [5.74, 6) is -2.05. The largest absolute Gasteiger partial charge is 0.479 e. The van der Waals surface area contributed by atoms with Gasteiger partial charge in [-0.15, -0.1) is 0 Å². The summed E-state index contributed by atoms with van der Waals surface area (Å²) in [6.07, 6.45) is 1.05. The van der Waals surface area contributed by atoms with Crippen molar-refractivity contribution < 1.29 is 29.0 Å². The van der Waals surface area contributed by atoms with Crippen LogP contribution < -0.4 is 10.6 Å². The molecule has 0 aromatic carbocycles. The van der Waals surface area contributed by atoms with Crippen LogP contribution in [0.3, 0.4) is 0 Å². The van der Waals surface area contributed by atoms with Crippen LogP contribution in [-0.2, 0) is 23.9 Å². The minimum absolute atomic E-state index is 0.0479. The van der Waals surface area contributed by atoms with Crippen molar-refractivity contribution in [1.29, 1.82) is 0 Å². The number of β-lactam (4-membered cyclic amide) rings is 1. The molecule has 114 valence electrons. The van der Waals surface area contributed by atoms with Gasteiger partial charge in [-0.25, -0.2) is 4.79 Å². The molecule has 2 fully saturated rings. The van der Waals surface area contributed by atoms with Gasteiger partial charge in [0.15, 0.2) is 12.3 Å². The van der Waals surface area contributed by atoms with Gasteiger partial charge in [0.05, 0.1) is 13.0 Å². The zero-order chi connectivity index (χ0) is 15.6. The molecule has 2 atom stereocenters. The van der Waals surface area contributed by atoms with Crippen molar-refractivity contribution in [2.45, 2.75) is 25.6 Å². The molecule has 9 nitrogen and oxygen atoms in total. The molecule has 0 aromatic rings. The number of ether oxygens (including phenoxy) is 1. The highest BCUT2D eigenvalue weighted by Gasteiger charge is 2.53. The van der Waals surface area contributed by atoms with Gasteiger partial charge < -0.3 is 20.5 Å². The Morgan fingerprint density at radius 2 is 2.14 bits per heavy atom. The number of carboxylic acid groups (broad SMARTS) is 1. The molecule has 0 radical (unpaired) electrons. The smallest absolute Gasteiger partial charge is 0.334 e. The molecule has 2 heterocycles. The summed E-state index contributed by atoms with van der Waals surface area (Å²) >= 11 is 0. The Labute approximate surface area is 119 Å². The van der Waals surface area contributed by atoms with Crippen LogP contribution in [-0.4, -0.2) is 59.1 Å². The average molecular weight is 297 g/mol. The minimum atomic E-state index is -1.18. The minimum Gasteiger partial charge on any atom is -0.479 e. The third kappa shape index (κ3) is 3.12. The van der Waals surface area contributed by atoms with Crippen LogP contribution in [0.4, 0.5) is 0 Å². The number of aliphatic carboxylic acids is 1. The van der Waals surface area contributed by atoms with Crippen molar-refractivity contribution in [2.75, 3.05) is 13.1 Å². The second-order valence-electron chi connectivity index (χ2n) is 4.64. The molecule has 0 saturated carbocycles. The van der Waals surface area contributed by atoms with Gasteiger partial charge in [0.25, 0.3) is 0 Å². The lowest BCUT2D eigenvalue weighted by Gasteiger charge is -2.33. The summed E-state index contributed by atoms with van der Waals surface area (Å²) in [6.45, 7) is 1.18. The van der Waals surface area contributed by atoms with E-state index in [2.05, 4.69) is 10.6 Å². The first-order valence-corrected chi connectivity index (χ1v) is 6.32. The zero-order valence-electron chi connectivity index (χ0n) is 11.3. The van der Waals surface area contributed by atoms with Gasteiger partial charge in [-0.1, -0.05) is 0 Å². The second-order valence-corrected chi connectivity index (χ2v) is 4.64.